The molecular formula is C23H29N5O4. The number of hydrogen-bond donors (Lipinski definition) is 3. The van der Waals surface area contributed by atoms with Gasteiger partial charge in [0.1, 0.15) is 24.3 Å². The molecule has 1 aliphatic rings. The van der Waals surface area contributed by atoms with Gasteiger partial charge in [0.15, 0.2) is 5.65 Å². The lowest BCUT2D eigenvalue weighted by Gasteiger charge is -2.29. The molecule has 3 heterocycles. The molecule has 1 aromatic carbocycles. The first-order chi connectivity index (χ1) is 15.2. The molecule has 2 aromatic heterocycles. The van der Waals surface area contributed by atoms with Crippen molar-refractivity contribution in [3.05, 3.63) is 40.5 Å². The van der Waals surface area contributed by atoms with Gasteiger partial charge < -0.3 is 30.9 Å². The fourth-order valence-corrected chi connectivity index (χ4v) is 4.25. The van der Waals surface area contributed by atoms with E-state index in [0.717, 1.165) is 24.2 Å². The van der Waals surface area contributed by atoms with E-state index in [4.69, 9.17) is 25.9 Å². The fraction of sp³-hybridized carbons (Fsp3) is 0.391. The summed E-state index contributed by atoms with van der Waals surface area (Å²) >= 11 is 0. The normalized spacial score (nSPS) is 17.1. The third-order valence-electron chi connectivity index (χ3n) is 5.95. The lowest BCUT2D eigenvalue weighted by molar-refractivity contribution is -0.0410. The summed E-state index contributed by atoms with van der Waals surface area (Å²) in [6.07, 6.45) is -0.0563. The first-order valence-electron chi connectivity index (χ1n) is 10.5. The van der Waals surface area contributed by atoms with E-state index < -0.39 is 5.91 Å². The topological polar surface area (TPSA) is 129 Å². The zero-order valence-corrected chi connectivity index (χ0v) is 18.8. The van der Waals surface area contributed by atoms with Gasteiger partial charge in [0.2, 0.25) is 5.88 Å². The lowest BCUT2D eigenvalue weighted by Crippen LogP contribution is -2.42. The van der Waals surface area contributed by atoms with Crippen LogP contribution < -0.4 is 16.2 Å². The van der Waals surface area contributed by atoms with Gasteiger partial charge in [-0.25, -0.2) is 0 Å². The summed E-state index contributed by atoms with van der Waals surface area (Å²) in [5.41, 5.74) is 15.6. The minimum absolute atomic E-state index is 0.0563. The molecule has 1 aliphatic heterocycles. The van der Waals surface area contributed by atoms with Crippen LogP contribution in [0.5, 0.6) is 11.6 Å². The number of nitrogens with two attached hydrogens (primary N) is 2. The number of nitrogens with zero attached hydrogens (tertiary/aromatic N) is 3. The second-order valence-electron chi connectivity index (χ2n) is 8.38. The number of carbonyl (C=O) groups is 1. The van der Waals surface area contributed by atoms with E-state index in [2.05, 4.69) is 4.90 Å². The number of likely N-dealkylation sites (N-methyl/N-ethyl adjacent to an activating group) is 1. The number of ether oxygens (including phenoxy) is 2. The van der Waals surface area contributed by atoms with E-state index in [1.165, 1.54) is 0 Å². The summed E-state index contributed by atoms with van der Waals surface area (Å²) in [6.45, 7) is 8.23. The monoisotopic (exact) mass is 439 g/mol. The smallest absolute Gasteiger partial charge is 0.253 e. The largest absolute Gasteiger partial charge is 0.508 e. The van der Waals surface area contributed by atoms with Crippen molar-refractivity contribution >= 4 is 22.8 Å². The average molecular weight is 440 g/mol. The number of rotatable bonds is 5. The van der Waals surface area contributed by atoms with Gasteiger partial charge in [-0.15, -0.1) is 0 Å². The molecule has 4 rings (SSSR count). The van der Waals surface area contributed by atoms with Crippen molar-refractivity contribution in [3.63, 3.8) is 0 Å². The Bertz CT molecular complexity index is 1200. The number of benzene rings is 1. The molecule has 0 saturated carbocycles. The molecule has 0 aliphatic carbocycles. The Hall–Kier alpha value is -3.30. The Labute approximate surface area is 186 Å². The van der Waals surface area contributed by atoms with Gasteiger partial charge in [0.25, 0.3) is 5.91 Å². The third kappa shape index (κ3) is 3.74. The molecule has 0 radical (unpaired) electrons. The molecule has 0 bridgehead atoms. The number of aryl methyl sites for hydroxylation is 2. The maximum Gasteiger partial charge on any atom is 0.253 e. The maximum atomic E-state index is 12.3. The van der Waals surface area contributed by atoms with Crippen LogP contribution in [0.4, 0.5) is 5.82 Å². The van der Waals surface area contributed by atoms with Crippen molar-refractivity contribution in [2.24, 2.45) is 5.73 Å². The molecule has 1 fully saturated rings. The summed E-state index contributed by atoms with van der Waals surface area (Å²) < 4.78 is 13.5. The van der Waals surface area contributed by atoms with Gasteiger partial charge in [-0.2, -0.15) is 4.98 Å². The van der Waals surface area contributed by atoms with Crippen molar-refractivity contribution in [1.82, 2.24) is 14.5 Å². The number of fused-ring (bicyclic) bond motifs is 1. The van der Waals surface area contributed by atoms with Gasteiger partial charge in [0.05, 0.1) is 17.9 Å². The van der Waals surface area contributed by atoms with Crippen LogP contribution in [0, 0.1) is 20.8 Å². The number of aromatic hydroxyl groups is 1. The zero-order chi connectivity index (χ0) is 23.2. The minimum atomic E-state index is -0.643. The molecule has 1 atom stereocenters. The van der Waals surface area contributed by atoms with Gasteiger partial charge in [-0.05, 0) is 45.5 Å². The summed E-state index contributed by atoms with van der Waals surface area (Å²) in [5.74, 6) is 0.0787. The van der Waals surface area contributed by atoms with Gasteiger partial charge >= 0.3 is 0 Å². The first-order valence-corrected chi connectivity index (χ1v) is 10.5. The first kappa shape index (κ1) is 21.9. The van der Waals surface area contributed by atoms with Crippen LogP contribution in [0.25, 0.3) is 16.7 Å². The van der Waals surface area contributed by atoms with Crippen LogP contribution in [0.15, 0.2) is 18.2 Å². The van der Waals surface area contributed by atoms with E-state index in [-0.39, 0.29) is 23.2 Å². The second-order valence-corrected chi connectivity index (χ2v) is 8.38. The Morgan fingerprint density at radius 2 is 2.06 bits per heavy atom. The van der Waals surface area contributed by atoms with E-state index in [0.29, 0.717) is 41.4 Å². The van der Waals surface area contributed by atoms with Crippen molar-refractivity contribution in [1.29, 1.82) is 0 Å². The summed E-state index contributed by atoms with van der Waals surface area (Å²) in [7, 11) is 2.05. The molecule has 1 saturated heterocycles. The number of amides is 1. The predicted molar refractivity (Wildman–Crippen MR) is 123 cm³/mol. The van der Waals surface area contributed by atoms with E-state index >= 15 is 0 Å². The lowest BCUT2D eigenvalue weighted by atomic mass is 10.1. The summed E-state index contributed by atoms with van der Waals surface area (Å²) in [5, 5.41) is 10.8. The van der Waals surface area contributed by atoms with Crippen LogP contribution in [-0.2, 0) is 4.74 Å². The standard InChI is InChI=1S/C23H29N5O4/c1-12-5-6-17(29)14(3)19(12)28-20(24)18(21(25)30)16-9-13(2)23(26-22(16)28)32-11-15-10-27(4)7-8-31-15/h5-6,9,15,29H,7-8,10-11,24H2,1-4H3,(H2,25,30)/t15-/m1/s1. The number of anilines is 1. The third-order valence-corrected chi connectivity index (χ3v) is 5.95. The SMILES string of the molecule is Cc1cc2c(C(N)=O)c(N)n(-c3c(C)ccc(O)c3C)c2nc1OC[C@H]1CN(C)CCO1. The van der Waals surface area contributed by atoms with Crippen molar-refractivity contribution < 1.29 is 19.4 Å². The number of morpholine rings is 1. The highest BCUT2D eigenvalue weighted by Crippen LogP contribution is 2.37. The number of phenols is 1. The number of nitrogen functional groups attached to an aromatic ring is 1. The van der Waals surface area contributed by atoms with Gasteiger partial charge in [-0.1, -0.05) is 6.07 Å². The molecule has 3 aromatic rings. The molecule has 9 heteroatoms. The van der Waals surface area contributed by atoms with Crippen LogP contribution in [-0.4, -0.2) is 64.9 Å². The average Bonchev–Trinajstić information content (AvgIpc) is 3.00. The predicted octanol–water partition coefficient (Wildman–Crippen LogP) is 2.05. The summed E-state index contributed by atoms with van der Waals surface area (Å²) in [6, 6.07) is 5.22. The molecule has 0 spiro atoms. The number of phenolic OH excluding ortho intramolecular Hbond substituents is 1. The fourth-order valence-electron chi connectivity index (χ4n) is 4.25. The number of primary amides is 1. The molecular weight excluding hydrogens is 410 g/mol. The highest BCUT2D eigenvalue weighted by Gasteiger charge is 2.26. The Morgan fingerprint density at radius 3 is 2.75 bits per heavy atom. The number of hydrogen-bond acceptors (Lipinski definition) is 7. The number of aromatic nitrogens is 2. The molecule has 0 unspecified atom stereocenters. The second kappa shape index (κ2) is 8.33. The van der Waals surface area contributed by atoms with Crippen LogP contribution >= 0.6 is 0 Å². The zero-order valence-electron chi connectivity index (χ0n) is 18.8. The number of pyridine rings is 1. The maximum absolute atomic E-state index is 12.3. The molecule has 9 nitrogen and oxygen atoms in total. The number of carbonyl (C=O) groups excluding carboxylic acids is 1. The Kier molecular flexibility index (Phi) is 5.70. The molecule has 1 amide bonds. The minimum Gasteiger partial charge on any atom is -0.508 e. The van der Waals surface area contributed by atoms with Crippen LogP contribution in [0.2, 0.25) is 0 Å². The van der Waals surface area contributed by atoms with Crippen molar-refractivity contribution in [2.45, 2.75) is 26.9 Å². The molecule has 170 valence electrons. The molecule has 32 heavy (non-hydrogen) atoms. The molecule has 5 N–H and O–H groups in total. The van der Waals surface area contributed by atoms with Crippen molar-refractivity contribution in [2.75, 3.05) is 39.1 Å². The van der Waals surface area contributed by atoms with Gasteiger partial charge in [-0.3, -0.25) is 9.36 Å². The Balaban J connectivity index is 1.85. The van der Waals surface area contributed by atoms with Gasteiger partial charge in [0, 0.05) is 29.6 Å². The van der Waals surface area contributed by atoms with E-state index in [9.17, 15) is 9.90 Å². The van der Waals surface area contributed by atoms with E-state index in [1.807, 2.05) is 27.0 Å². The quantitative estimate of drug-likeness (QED) is 0.555. The highest BCUT2D eigenvalue weighted by molar-refractivity contribution is 6.11. The van der Waals surface area contributed by atoms with Crippen LogP contribution in [0.1, 0.15) is 27.0 Å². The van der Waals surface area contributed by atoms with E-state index in [1.54, 1.807) is 23.6 Å². The van der Waals surface area contributed by atoms with Crippen molar-refractivity contribution in [3.8, 4) is 17.3 Å². The Morgan fingerprint density at radius 1 is 1.31 bits per heavy atom. The van der Waals surface area contributed by atoms with Crippen LogP contribution in [0.3, 0.4) is 0 Å². The summed E-state index contributed by atoms with van der Waals surface area (Å²) in [4.78, 5) is 19.2. The highest BCUT2D eigenvalue weighted by atomic mass is 16.5.